The maximum Gasteiger partial charge on any atom is 0.271 e. The molecule has 0 spiro atoms. The number of sulfonamides is 1. The molecule has 0 aromatic heterocycles. The highest BCUT2D eigenvalue weighted by atomic mass is 32.2. The molecule has 0 saturated carbocycles. The molecule has 0 aliphatic rings. The highest BCUT2D eigenvalue weighted by Crippen LogP contribution is 2.31. The Morgan fingerprint density at radius 3 is 1.89 bits per heavy atom. The molecule has 0 bridgehead atoms. The van der Waals surface area contributed by atoms with Crippen LogP contribution in [0.15, 0.2) is 52.3 Å². The third kappa shape index (κ3) is 8.19. The minimum atomic E-state index is -4.33. The first-order chi connectivity index (χ1) is 17.0. The first-order valence-corrected chi connectivity index (χ1v) is 15.4. The van der Waals surface area contributed by atoms with Gasteiger partial charge in [0.25, 0.3) is 15.7 Å². The molecular formula is C25H36N2O7S2. The number of unbranched alkanes of at least 4 members (excludes halogenated alkanes) is 9. The summed E-state index contributed by atoms with van der Waals surface area (Å²) in [6.07, 6.45) is 11.0. The lowest BCUT2D eigenvalue weighted by atomic mass is 10.1. The van der Waals surface area contributed by atoms with Crippen LogP contribution >= 0.6 is 0 Å². The van der Waals surface area contributed by atoms with E-state index in [4.69, 9.17) is 0 Å². The largest absolute Gasteiger partial charge is 0.507 e. The van der Waals surface area contributed by atoms with E-state index in [0.717, 1.165) is 41.8 Å². The fourth-order valence-electron chi connectivity index (χ4n) is 3.87. The Morgan fingerprint density at radius 2 is 1.36 bits per heavy atom. The van der Waals surface area contributed by atoms with Crippen molar-refractivity contribution in [3.63, 3.8) is 0 Å². The normalized spacial score (nSPS) is 11.9. The number of hydrogen-bond donors (Lipinski definition) is 1. The van der Waals surface area contributed by atoms with Crippen LogP contribution in [0.4, 0.5) is 11.4 Å². The highest BCUT2D eigenvalue weighted by molar-refractivity contribution is 7.93. The minimum absolute atomic E-state index is 0.0263. The molecule has 36 heavy (non-hydrogen) atoms. The second-order valence-electron chi connectivity index (χ2n) is 8.88. The highest BCUT2D eigenvalue weighted by Gasteiger charge is 2.27. The minimum Gasteiger partial charge on any atom is -0.507 e. The number of nitro groups is 1. The van der Waals surface area contributed by atoms with Gasteiger partial charge in [0.1, 0.15) is 10.6 Å². The van der Waals surface area contributed by atoms with E-state index in [2.05, 4.69) is 6.92 Å². The van der Waals surface area contributed by atoms with Gasteiger partial charge in [0, 0.05) is 19.2 Å². The van der Waals surface area contributed by atoms with Crippen LogP contribution < -0.4 is 4.31 Å². The number of rotatable bonds is 16. The molecule has 200 valence electrons. The van der Waals surface area contributed by atoms with Gasteiger partial charge >= 0.3 is 0 Å². The molecule has 0 fully saturated rings. The second-order valence-corrected chi connectivity index (χ2v) is 12.9. The van der Waals surface area contributed by atoms with Crippen molar-refractivity contribution in [2.24, 2.45) is 0 Å². The molecule has 2 rings (SSSR count). The van der Waals surface area contributed by atoms with Gasteiger partial charge in [-0.3, -0.25) is 14.4 Å². The smallest absolute Gasteiger partial charge is 0.271 e. The first-order valence-electron chi connectivity index (χ1n) is 12.3. The molecule has 0 unspecified atom stereocenters. The average molecular weight is 541 g/mol. The molecular weight excluding hydrogens is 504 g/mol. The SMILES string of the molecule is CCCCCCCCCCCCS(=O)(=O)c1ccc(N(C)S(=O)(=O)c2cc([N+](=O)[O-])ccc2O)cc1. The number of sulfone groups is 1. The molecule has 0 saturated heterocycles. The van der Waals surface area contributed by atoms with Crippen molar-refractivity contribution in [3.05, 3.63) is 52.6 Å². The van der Waals surface area contributed by atoms with E-state index in [1.54, 1.807) is 0 Å². The summed E-state index contributed by atoms with van der Waals surface area (Å²) in [5, 5.41) is 21.0. The van der Waals surface area contributed by atoms with E-state index in [0.29, 0.717) is 6.42 Å². The van der Waals surface area contributed by atoms with Gasteiger partial charge in [-0.05, 0) is 36.8 Å². The van der Waals surface area contributed by atoms with E-state index in [-0.39, 0.29) is 16.3 Å². The van der Waals surface area contributed by atoms with Gasteiger partial charge < -0.3 is 5.11 Å². The van der Waals surface area contributed by atoms with E-state index in [9.17, 15) is 32.1 Å². The first kappa shape index (κ1) is 29.6. The van der Waals surface area contributed by atoms with E-state index >= 15 is 0 Å². The van der Waals surface area contributed by atoms with Crippen molar-refractivity contribution in [2.45, 2.75) is 80.9 Å². The third-order valence-corrected chi connectivity index (χ3v) is 9.75. The van der Waals surface area contributed by atoms with Crippen molar-refractivity contribution >= 4 is 31.2 Å². The van der Waals surface area contributed by atoms with Crippen LogP contribution in [0.3, 0.4) is 0 Å². The summed E-state index contributed by atoms with van der Waals surface area (Å²) in [6, 6.07) is 8.15. The van der Waals surface area contributed by atoms with Gasteiger partial charge in [-0.15, -0.1) is 0 Å². The van der Waals surface area contributed by atoms with Crippen LogP contribution in [0.2, 0.25) is 0 Å². The fraction of sp³-hybridized carbons (Fsp3) is 0.520. The molecule has 2 aromatic rings. The Hall–Kier alpha value is -2.66. The standard InChI is InChI=1S/C25H36N2O7S2/c1-3-4-5-6-7-8-9-10-11-12-19-35(31,32)23-16-13-21(14-17-23)26(2)36(33,34)25-20-22(27(29)30)15-18-24(25)28/h13-18,20,28H,3-12,19H2,1-2H3. The van der Waals surface area contributed by atoms with Crippen LogP contribution in [-0.4, -0.2) is 39.7 Å². The Morgan fingerprint density at radius 1 is 0.833 bits per heavy atom. The summed E-state index contributed by atoms with van der Waals surface area (Å²) in [7, 11) is -6.61. The molecule has 2 aromatic carbocycles. The zero-order valence-corrected chi connectivity index (χ0v) is 22.6. The summed E-state index contributed by atoms with van der Waals surface area (Å²) >= 11 is 0. The quantitative estimate of drug-likeness (QED) is 0.161. The molecule has 0 radical (unpaired) electrons. The van der Waals surface area contributed by atoms with E-state index in [1.807, 2.05) is 0 Å². The van der Waals surface area contributed by atoms with Crippen molar-refractivity contribution < 1.29 is 26.9 Å². The monoisotopic (exact) mass is 540 g/mol. The predicted molar refractivity (Wildman–Crippen MR) is 141 cm³/mol. The second kappa shape index (κ2) is 13.6. The number of phenolic OH excluding ortho intramolecular Hbond substituents is 1. The topological polar surface area (TPSA) is 135 Å². The van der Waals surface area contributed by atoms with Gasteiger partial charge in [0.2, 0.25) is 0 Å². The number of nitrogens with zero attached hydrogens (tertiary/aromatic N) is 2. The van der Waals surface area contributed by atoms with Gasteiger partial charge in [-0.2, -0.15) is 0 Å². The summed E-state index contributed by atoms with van der Waals surface area (Å²) in [6.45, 7) is 2.20. The maximum absolute atomic E-state index is 13.0. The van der Waals surface area contributed by atoms with E-state index in [1.165, 1.54) is 69.8 Å². The number of nitro benzene ring substituents is 1. The lowest BCUT2D eigenvalue weighted by Gasteiger charge is -2.20. The molecule has 0 atom stereocenters. The fourth-order valence-corrected chi connectivity index (χ4v) is 6.54. The number of non-ortho nitro benzene ring substituents is 1. The number of anilines is 1. The Kier molecular flexibility index (Phi) is 11.2. The van der Waals surface area contributed by atoms with Gasteiger partial charge in [-0.25, -0.2) is 16.8 Å². The lowest BCUT2D eigenvalue weighted by Crippen LogP contribution is -2.26. The lowest BCUT2D eigenvalue weighted by molar-refractivity contribution is -0.385. The number of aromatic hydroxyl groups is 1. The molecule has 11 heteroatoms. The Labute approximate surface area is 214 Å². The van der Waals surface area contributed by atoms with Gasteiger partial charge in [0.15, 0.2) is 9.84 Å². The molecule has 0 aliphatic heterocycles. The van der Waals surface area contributed by atoms with Gasteiger partial charge in [0.05, 0.1) is 21.3 Å². The van der Waals surface area contributed by atoms with Crippen molar-refractivity contribution in [1.82, 2.24) is 0 Å². The van der Waals surface area contributed by atoms with Crippen molar-refractivity contribution in [3.8, 4) is 5.75 Å². The molecule has 0 amide bonds. The average Bonchev–Trinajstić information content (AvgIpc) is 2.84. The summed E-state index contributed by atoms with van der Waals surface area (Å²) in [5.74, 6) is -0.596. The molecule has 0 aliphatic carbocycles. The van der Waals surface area contributed by atoms with E-state index < -0.39 is 41.1 Å². The summed E-state index contributed by atoms with van der Waals surface area (Å²) in [4.78, 5) is 9.74. The number of benzene rings is 2. The number of phenols is 1. The van der Waals surface area contributed by atoms with Crippen LogP contribution in [-0.2, 0) is 19.9 Å². The Balaban J connectivity index is 1.95. The Bertz CT molecular complexity index is 1210. The van der Waals surface area contributed by atoms with Crippen LogP contribution in [0, 0.1) is 10.1 Å². The zero-order valence-electron chi connectivity index (χ0n) is 20.9. The maximum atomic E-state index is 13.0. The van der Waals surface area contributed by atoms with Crippen LogP contribution in [0.5, 0.6) is 5.75 Å². The molecule has 1 N–H and O–H groups in total. The summed E-state index contributed by atoms with van der Waals surface area (Å²) < 4.78 is 52.1. The van der Waals surface area contributed by atoms with Crippen molar-refractivity contribution in [1.29, 1.82) is 0 Å². The number of hydrogen-bond acceptors (Lipinski definition) is 7. The van der Waals surface area contributed by atoms with Crippen molar-refractivity contribution in [2.75, 3.05) is 17.1 Å². The van der Waals surface area contributed by atoms with Crippen LogP contribution in [0.1, 0.15) is 71.1 Å². The molecule has 0 heterocycles. The zero-order chi connectivity index (χ0) is 26.8. The van der Waals surface area contributed by atoms with Gasteiger partial charge in [-0.1, -0.05) is 64.7 Å². The molecule has 9 nitrogen and oxygen atoms in total. The van der Waals surface area contributed by atoms with Crippen LogP contribution in [0.25, 0.3) is 0 Å². The summed E-state index contributed by atoms with van der Waals surface area (Å²) in [5.41, 5.74) is -0.327. The predicted octanol–water partition coefficient (Wildman–Crippen LogP) is 5.82. The third-order valence-electron chi connectivity index (χ3n) is 6.12.